The van der Waals surface area contributed by atoms with Crippen LogP contribution in [-0.4, -0.2) is 42.2 Å². The lowest BCUT2D eigenvalue weighted by atomic mass is 10.2. The molecule has 1 fully saturated rings. The Labute approximate surface area is 152 Å². The van der Waals surface area contributed by atoms with Crippen LogP contribution in [0.2, 0.25) is 0 Å². The van der Waals surface area contributed by atoms with Crippen molar-refractivity contribution in [2.24, 2.45) is 0 Å². The quantitative estimate of drug-likeness (QED) is 0.709. The summed E-state index contributed by atoms with van der Waals surface area (Å²) in [7, 11) is -1.70. The highest BCUT2D eigenvalue weighted by atomic mass is 32.2. The number of aromatic nitrogens is 3. The van der Waals surface area contributed by atoms with Gasteiger partial charge in [-0.2, -0.15) is 0 Å². The van der Waals surface area contributed by atoms with Crippen LogP contribution < -0.4 is 15.1 Å². The molecular formula is C17H24N4O4S. The van der Waals surface area contributed by atoms with Gasteiger partial charge >= 0.3 is 5.69 Å². The van der Waals surface area contributed by atoms with Crippen molar-refractivity contribution in [1.82, 2.24) is 19.1 Å². The molecule has 1 saturated carbocycles. The number of nitrogens with zero attached hydrogens (tertiary/aromatic N) is 3. The van der Waals surface area contributed by atoms with Crippen molar-refractivity contribution in [3.63, 3.8) is 0 Å². The van der Waals surface area contributed by atoms with Gasteiger partial charge in [-0.15, -0.1) is 5.10 Å². The summed E-state index contributed by atoms with van der Waals surface area (Å²) in [6.45, 7) is 2.15. The molecular weight excluding hydrogens is 356 g/mol. The van der Waals surface area contributed by atoms with Crippen molar-refractivity contribution in [3.05, 3.63) is 34.7 Å². The number of nitrogens with one attached hydrogen (secondary N) is 1. The molecule has 1 aliphatic rings. The van der Waals surface area contributed by atoms with Gasteiger partial charge in [0.25, 0.3) is 0 Å². The molecule has 0 amide bonds. The Morgan fingerprint density at radius 1 is 1.27 bits per heavy atom. The molecule has 1 aliphatic carbocycles. The molecule has 0 bridgehead atoms. The molecule has 9 heteroatoms. The first-order chi connectivity index (χ1) is 12.4. The van der Waals surface area contributed by atoms with Crippen LogP contribution in [0.1, 0.15) is 32.2 Å². The van der Waals surface area contributed by atoms with E-state index >= 15 is 0 Å². The highest BCUT2D eigenvalue weighted by molar-refractivity contribution is 7.89. The predicted molar refractivity (Wildman–Crippen MR) is 98.8 cm³/mol. The predicted octanol–water partition coefficient (Wildman–Crippen LogP) is 1.38. The molecule has 0 spiro atoms. The molecule has 1 aromatic heterocycles. The molecule has 1 N–H and O–H groups in total. The molecule has 0 aliphatic heterocycles. The van der Waals surface area contributed by atoms with E-state index in [4.69, 9.17) is 4.74 Å². The van der Waals surface area contributed by atoms with Crippen molar-refractivity contribution in [2.45, 2.75) is 38.8 Å². The van der Waals surface area contributed by atoms with E-state index in [1.807, 2.05) is 31.2 Å². The zero-order chi connectivity index (χ0) is 18.7. The normalized spacial score (nSPS) is 14.5. The fraction of sp³-hybridized carbons (Fsp3) is 0.529. The van der Waals surface area contributed by atoms with Gasteiger partial charge in [-0.3, -0.25) is 4.57 Å². The lowest BCUT2D eigenvalue weighted by Crippen LogP contribution is -2.33. The molecule has 2 aromatic rings. The lowest BCUT2D eigenvalue weighted by Gasteiger charge is -2.04. The average molecular weight is 380 g/mol. The van der Waals surface area contributed by atoms with Crippen LogP contribution in [0.3, 0.4) is 0 Å². The molecule has 142 valence electrons. The molecule has 3 rings (SSSR count). The van der Waals surface area contributed by atoms with Gasteiger partial charge in [0.15, 0.2) is 5.82 Å². The van der Waals surface area contributed by atoms with Gasteiger partial charge in [0.2, 0.25) is 10.0 Å². The number of hydrogen-bond acceptors (Lipinski definition) is 5. The lowest BCUT2D eigenvalue weighted by molar-refractivity contribution is 0.415. The Morgan fingerprint density at radius 3 is 2.54 bits per heavy atom. The zero-order valence-corrected chi connectivity index (χ0v) is 15.8. The van der Waals surface area contributed by atoms with Crippen LogP contribution in [0.4, 0.5) is 0 Å². The number of rotatable bonds is 9. The molecule has 26 heavy (non-hydrogen) atoms. The van der Waals surface area contributed by atoms with Gasteiger partial charge in [0.05, 0.1) is 19.4 Å². The molecule has 0 saturated heterocycles. The van der Waals surface area contributed by atoms with E-state index in [0.29, 0.717) is 12.2 Å². The second-order valence-corrected chi connectivity index (χ2v) is 8.30. The SMILES string of the molecule is CCCS(=O)(=O)NCCn1nc(-c2ccc(OC)cc2)n(C2CC2)c1=O. The summed E-state index contributed by atoms with van der Waals surface area (Å²) in [5, 5.41) is 4.45. The molecule has 8 nitrogen and oxygen atoms in total. The Morgan fingerprint density at radius 2 is 1.96 bits per heavy atom. The van der Waals surface area contributed by atoms with Gasteiger partial charge in [-0.05, 0) is 43.5 Å². The third kappa shape index (κ3) is 4.16. The maximum Gasteiger partial charge on any atom is 0.346 e. The number of sulfonamides is 1. The second kappa shape index (κ2) is 7.63. The van der Waals surface area contributed by atoms with Crippen LogP contribution in [0.5, 0.6) is 5.75 Å². The van der Waals surface area contributed by atoms with Crippen LogP contribution >= 0.6 is 0 Å². The van der Waals surface area contributed by atoms with Crippen LogP contribution in [0.25, 0.3) is 11.4 Å². The summed E-state index contributed by atoms with van der Waals surface area (Å²) >= 11 is 0. The second-order valence-electron chi connectivity index (χ2n) is 6.37. The monoisotopic (exact) mass is 380 g/mol. The Kier molecular flexibility index (Phi) is 5.47. The molecule has 1 heterocycles. The van der Waals surface area contributed by atoms with E-state index in [2.05, 4.69) is 9.82 Å². The van der Waals surface area contributed by atoms with Gasteiger partial charge in [0, 0.05) is 18.2 Å². The summed E-state index contributed by atoms with van der Waals surface area (Å²) in [4.78, 5) is 12.7. The Bertz CT molecular complexity index is 911. The van der Waals surface area contributed by atoms with E-state index in [1.54, 1.807) is 11.7 Å². The first-order valence-corrected chi connectivity index (χ1v) is 10.4. The minimum atomic E-state index is -3.30. The highest BCUT2D eigenvalue weighted by Gasteiger charge is 2.30. The summed E-state index contributed by atoms with van der Waals surface area (Å²) < 4.78 is 34.2. The Balaban J connectivity index is 1.82. The zero-order valence-electron chi connectivity index (χ0n) is 15.0. The van der Waals surface area contributed by atoms with E-state index in [0.717, 1.165) is 24.2 Å². The molecule has 0 atom stereocenters. The van der Waals surface area contributed by atoms with E-state index in [9.17, 15) is 13.2 Å². The first kappa shape index (κ1) is 18.7. The van der Waals surface area contributed by atoms with Crippen molar-refractivity contribution >= 4 is 10.0 Å². The number of methoxy groups -OCH3 is 1. The number of benzene rings is 1. The minimum absolute atomic E-state index is 0.0789. The molecule has 1 aromatic carbocycles. The van der Waals surface area contributed by atoms with Crippen LogP contribution in [0, 0.1) is 0 Å². The highest BCUT2D eigenvalue weighted by Crippen LogP contribution is 2.36. The van der Waals surface area contributed by atoms with Gasteiger partial charge in [-0.1, -0.05) is 6.92 Å². The van der Waals surface area contributed by atoms with E-state index < -0.39 is 10.0 Å². The van der Waals surface area contributed by atoms with E-state index in [1.165, 1.54) is 4.68 Å². The van der Waals surface area contributed by atoms with Crippen molar-refractivity contribution in [2.75, 3.05) is 19.4 Å². The fourth-order valence-electron chi connectivity index (χ4n) is 2.81. The van der Waals surface area contributed by atoms with Gasteiger partial charge in [0.1, 0.15) is 5.75 Å². The summed E-state index contributed by atoms with van der Waals surface area (Å²) in [5.74, 6) is 1.42. The summed E-state index contributed by atoms with van der Waals surface area (Å²) in [5.41, 5.74) is 0.633. The molecule has 0 radical (unpaired) electrons. The third-order valence-electron chi connectivity index (χ3n) is 4.25. The van der Waals surface area contributed by atoms with Gasteiger partial charge in [-0.25, -0.2) is 22.6 Å². The summed E-state index contributed by atoms with van der Waals surface area (Å²) in [6.07, 6.45) is 2.46. The minimum Gasteiger partial charge on any atom is -0.497 e. The number of hydrogen-bond donors (Lipinski definition) is 1. The fourth-order valence-corrected chi connectivity index (χ4v) is 3.90. The van der Waals surface area contributed by atoms with Crippen molar-refractivity contribution in [3.8, 4) is 17.1 Å². The smallest absolute Gasteiger partial charge is 0.346 e. The summed E-state index contributed by atoms with van der Waals surface area (Å²) in [6, 6.07) is 7.57. The first-order valence-electron chi connectivity index (χ1n) is 8.76. The topological polar surface area (TPSA) is 95.2 Å². The van der Waals surface area contributed by atoms with Crippen LogP contribution in [0.15, 0.2) is 29.1 Å². The Hall–Kier alpha value is -2.13. The number of ether oxygens (including phenoxy) is 1. The average Bonchev–Trinajstić information content (AvgIpc) is 3.39. The van der Waals surface area contributed by atoms with E-state index in [-0.39, 0.29) is 30.6 Å². The standard InChI is InChI=1S/C17H24N4O4S/c1-3-12-26(23,24)18-10-11-20-17(22)21(14-6-7-14)16(19-20)13-4-8-15(25-2)9-5-13/h4-5,8-9,14,18H,3,6-7,10-12H2,1-2H3. The van der Waals surface area contributed by atoms with Crippen molar-refractivity contribution in [1.29, 1.82) is 0 Å². The third-order valence-corrected chi connectivity index (χ3v) is 5.84. The van der Waals surface area contributed by atoms with Crippen molar-refractivity contribution < 1.29 is 13.2 Å². The molecule has 0 unspecified atom stereocenters. The van der Waals surface area contributed by atoms with Gasteiger partial charge < -0.3 is 4.74 Å². The largest absolute Gasteiger partial charge is 0.497 e. The maximum atomic E-state index is 12.7. The maximum absolute atomic E-state index is 12.7. The van der Waals surface area contributed by atoms with Crippen LogP contribution in [-0.2, 0) is 16.6 Å².